The first-order valence-corrected chi connectivity index (χ1v) is 6.47. The van der Waals surface area contributed by atoms with Crippen molar-refractivity contribution < 1.29 is 9.23 Å². The molecule has 0 amide bonds. The zero-order valence-corrected chi connectivity index (χ0v) is 12.2. The average Bonchev–Trinajstić information content (AvgIpc) is 2.40. The average molecular weight is 271 g/mol. The summed E-state index contributed by atoms with van der Waals surface area (Å²) in [5, 5.41) is 3.86. The molecule has 0 spiro atoms. The second-order valence-electron chi connectivity index (χ2n) is 4.92. The van der Waals surface area contributed by atoms with Gasteiger partial charge < -0.3 is 4.84 Å². The van der Waals surface area contributed by atoms with Crippen LogP contribution in [0, 0.1) is 26.6 Å². The maximum atomic E-state index is 13.4. The molecule has 0 saturated carbocycles. The number of rotatable bonds is 3. The van der Waals surface area contributed by atoms with Crippen molar-refractivity contribution in [3.63, 3.8) is 0 Å². The number of hydrogen-bond donors (Lipinski definition) is 0. The Bertz CT molecular complexity index is 662. The van der Waals surface area contributed by atoms with E-state index < -0.39 is 0 Å². The van der Waals surface area contributed by atoms with Crippen LogP contribution in [0.15, 0.2) is 35.5 Å². The second kappa shape index (κ2) is 5.87. The first-order valence-electron chi connectivity index (χ1n) is 6.47. The molecule has 0 aromatic heterocycles. The summed E-state index contributed by atoms with van der Waals surface area (Å²) in [5.41, 5.74) is 5.91. The maximum absolute atomic E-state index is 13.4. The third-order valence-electron chi connectivity index (χ3n) is 3.29. The molecule has 2 aromatic carbocycles. The molecule has 0 aliphatic carbocycles. The van der Waals surface area contributed by atoms with Gasteiger partial charge in [-0.05, 0) is 55.2 Å². The summed E-state index contributed by atoms with van der Waals surface area (Å²) in [6.07, 6.45) is 1.70. The Morgan fingerprint density at radius 2 is 1.80 bits per heavy atom. The molecule has 0 aliphatic rings. The highest BCUT2D eigenvalue weighted by molar-refractivity contribution is 5.92. The predicted molar refractivity (Wildman–Crippen MR) is 80.7 cm³/mol. The van der Waals surface area contributed by atoms with Crippen LogP contribution in [0.2, 0.25) is 0 Å². The van der Waals surface area contributed by atoms with Gasteiger partial charge in [-0.3, -0.25) is 0 Å². The zero-order valence-electron chi connectivity index (χ0n) is 12.2. The molecule has 2 nitrogen and oxygen atoms in total. The van der Waals surface area contributed by atoms with Crippen LogP contribution in [-0.4, -0.2) is 13.3 Å². The molecular weight excluding hydrogens is 253 g/mol. The lowest BCUT2D eigenvalue weighted by molar-refractivity contribution is 0.215. The van der Waals surface area contributed by atoms with E-state index in [1.54, 1.807) is 19.2 Å². The van der Waals surface area contributed by atoms with Crippen molar-refractivity contribution in [2.24, 2.45) is 5.16 Å². The second-order valence-corrected chi connectivity index (χ2v) is 4.92. The van der Waals surface area contributed by atoms with Crippen molar-refractivity contribution in [2.45, 2.75) is 20.8 Å². The Morgan fingerprint density at radius 3 is 2.45 bits per heavy atom. The molecule has 0 aliphatic heterocycles. The van der Waals surface area contributed by atoms with E-state index in [0.29, 0.717) is 5.56 Å². The maximum Gasteiger partial charge on any atom is 0.126 e. The summed E-state index contributed by atoms with van der Waals surface area (Å²) in [6, 6.07) is 9.32. The molecule has 2 rings (SSSR count). The highest BCUT2D eigenvalue weighted by atomic mass is 19.1. The van der Waals surface area contributed by atoms with E-state index in [0.717, 1.165) is 27.8 Å². The van der Waals surface area contributed by atoms with E-state index in [1.165, 1.54) is 13.2 Å². The van der Waals surface area contributed by atoms with Gasteiger partial charge in [0.1, 0.15) is 12.9 Å². The number of benzene rings is 2. The highest BCUT2D eigenvalue weighted by Gasteiger charge is 2.09. The van der Waals surface area contributed by atoms with E-state index in [1.807, 2.05) is 19.9 Å². The van der Waals surface area contributed by atoms with E-state index in [9.17, 15) is 4.39 Å². The van der Waals surface area contributed by atoms with Crippen molar-refractivity contribution in [3.05, 3.63) is 58.4 Å². The lowest BCUT2D eigenvalue weighted by atomic mass is 9.93. The summed E-state index contributed by atoms with van der Waals surface area (Å²) in [7, 11) is 1.52. The van der Waals surface area contributed by atoms with Crippen molar-refractivity contribution in [3.8, 4) is 11.1 Å². The molecule has 2 aromatic rings. The van der Waals surface area contributed by atoms with Gasteiger partial charge in [0.25, 0.3) is 0 Å². The first-order chi connectivity index (χ1) is 9.52. The fourth-order valence-corrected chi connectivity index (χ4v) is 2.31. The SMILES string of the molecule is CON=Cc1c(C)cc(C)cc1-c1ccc(F)c(C)c1. The molecule has 104 valence electrons. The zero-order chi connectivity index (χ0) is 14.7. The number of oxime groups is 1. The van der Waals surface area contributed by atoms with Crippen molar-refractivity contribution in [2.75, 3.05) is 7.11 Å². The molecule has 3 heteroatoms. The molecule has 0 atom stereocenters. The van der Waals surface area contributed by atoms with E-state index in [4.69, 9.17) is 4.84 Å². The quantitative estimate of drug-likeness (QED) is 0.599. The van der Waals surface area contributed by atoms with Crippen LogP contribution >= 0.6 is 0 Å². The lowest BCUT2D eigenvalue weighted by Gasteiger charge is -2.12. The molecule has 0 unspecified atom stereocenters. The van der Waals surface area contributed by atoms with Crippen LogP contribution in [0.1, 0.15) is 22.3 Å². The van der Waals surface area contributed by atoms with Gasteiger partial charge in [0, 0.05) is 5.56 Å². The van der Waals surface area contributed by atoms with Gasteiger partial charge in [0.15, 0.2) is 0 Å². The first kappa shape index (κ1) is 14.3. The molecular formula is C17H18FNO. The molecule has 0 radical (unpaired) electrons. The summed E-state index contributed by atoms with van der Waals surface area (Å²) in [5.74, 6) is -0.190. The van der Waals surface area contributed by atoms with Crippen LogP contribution in [0.5, 0.6) is 0 Å². The topological polar surface area (TPSA) is 21.6 Å². The fourth-order valence-electron chi connectivity index (χ4n) is 2.31. The lowest BCUT2D eigenvalue weighted by Crippen LogP contribution is -1.96. The molecule has 20 heavy (non-hydrogen) atoms. The predicted octanol–water partition coefficient (Wildman–Crippen LogP) is 4.40. The van der Waals surface area contributed by atoms with E-state index in [-0.39, 0.29) is 5.82 Å². The summed E-state index contributed by atoms with van der Waals surface area (Å²) < 4.78 is 13.4. The van der Waals surface area contributed by atoms with Crippen LogP contribution in [0.4, 0.5) is 4.39 Å². The number of aryl methyl sites for hydroxylation is 3. The largest absolute Gasteiger partial charge is 0.399 e. The van der Waals surface area contributed by atoms with Crippen LogP contribution < -0.4 is 0 Å². The van der Waals surface area contributed by atoms with Crippen molar-refractivity contribution in [1.29, 1.82) is 0 Å². The van der Waals surface area contributed by atoms with Crippen molar-refractivity contribution in [1.82, 2.24) is 0 Å². The molecule has 0 fully saturated rings. The standard InChI is InChI=1S/C17H18FNO/c1-11-7-12(2)16(10-19-20-4)15(8-11)14-5-6-17(18)13(3)9-14/h5-10H,1-4H3. The number of halogens is 1. The monoisotopic (exact) mass is 271 g/mol. The van der Waals surface area contributed by atoms with Crippen LogP contribution in [0.25, 0.3) is 11.1 Å². The van der Waals surface area contributed by atoms with E-state index >= 15 is 0 Å². The van der Waals surface area contributed by atoms with Crippen LogP contribution in [-0.2, 0) is 4.84 Å². The minimum Gasteiger partial charge on any atom is -0.399 e. The van der Waals surface area contributed by atoms with Gasteiger partial charge in [-0.15, -0.1) is 0 Å². The van der Waals surface area contributed by atoms with Gasteiger partial charge in [-0.1, -0.05) is 28.9 Å². The van der Waals surface area contributed by atoms with Crippen molar-refractivity contribution >= 4 is 6.21 Å². The Kier molecular flexibility index (Phi) is 4.18. The fraction of sp³-hybridized carbons (Fsp3) is 0.235. The smallest absolute Gasteiger partial charge is 0.126 e. The third-order valence-corrected chi connectivity index (χ3v) is 3.29. The van der Waals surface area contributed by atoms with Gasteiger partial charge in [-0.25, -0.2) is 4.39 Å². The Morgan fingerprint density at radius 1 is 1.05 bits per heavy atom. The Labute approximate surface area is 118 Å². The Hall–Kier alpha value is -2.16. The number of hydrogen-bond acceptors (Lipinski definition) is 2. The van der Waals surface area contributed by atoms with Gasteiger partial charge in [-0.2, -0.15) is 0 Å². The van der Waals surface area contributed by atoms with Gasteiger partial charge in [0.2, 0.25) is 0 Å². The molecule has 0 bridgehead atoms. The normalized spacial score (nSPS) is 11.1. The third kappa shape index (κ3) is 2.87. The molecule has 0 N–H and O–H groups in total. The summed E-state index contributed by atoms with van der Waals surface area (Å²) in [6.45, 7) is 5.85. The van der Waals surface area contributed by atoms with Crippen LogP contribution in [0.3, 0.4) is 0 Å². The Balaban J connectivity index is 2.64. The summed E-state index contributed by atoms with van der Waals surface area (Å²) >= 11 is 0. The summed E-state index contributed by atoms with van der Waals surface area (Å²) in [4.78, 5) is 4.77. The molecule has 0 saturated heterocycles. The van der Waals surface area contributed by atoms with Gasteiger partial charge in [0.05, 0.1) is 6.21 Å². The number of nitrogens with zero attached hydrogens (tertiary/aromatic N) is 1. The minimum atomic E-state index is -0.190. The van der Waals surface area contributed by atoms with Gasteiger partial charge >= 0.3 is 0 Å². The van der Waals surface area contributed by atoms with E-state index in [2.05, 4.69) is 17.3 Å². The molecule has 0 heterocycles. The highest BCUT2D eigenvalue weighted by Crippen LogP contribution is 2.28. The minimum absolute atomic E-state index is 0.190.